The molecule has 5 nitrogen and oxygen atoms in total. The summed E-state index contributed by atoms with van der Waals surface area (Å²) in [4.78, 5) is 4.53. The Bertz CT molecular complexity index is 365. The van der Waals surface area contributed by atoms with E-state index in [9.17, 15) is 0 Å². The molecule has 2 unspecified atom stereocenters. The average Bonchev–Trinajstić information content (AvgIpc) is 2.98. The third kappa shape index (κ3) is 1.64. The summed E-state index contributed by atoms with van der Waals surface area (Å²) < 4.78 is 10.8. The summed E-state index contributed by atoms with van der Waals surface area (Å²) in [7, 11) is 0. The molecule has 0 aliphatic carbocycles. The maximum Gasteiger partial charge on any atom is 0.235 e. The molecule has 2 saturated heterocycles. The first kappa shape index (κ1) is 10.2. The SMILES string of the molecule is CC1(c2nc(C3CCCN3)no2)CCOC1. The van der Waals surface area contributed by atoms with Crippen LogP contribution in [0.4, 0.5) is 0 Å². The molecular formula is C11H17N3O2. The molecule has 2 atom stereocenters. The average molecular weight is 223 g/mol. The van der Waals surface area contributed by atoms with E-state index in [0.29, 0.717) is 6.61 Å². The summed E-state index contributed by atoms with van der Waals surface area (Å²) in [6, 6.07) is 0.281. The highest BCUT2D eigenvalue weighted by Gasteiger charge is 2.38. The predicted octanol–water partition coefficient (Wildman–Crippen LogP) is 1.17. The van der Waals surface area contributed by atoms with Crippen molar-refractivity contribution in [2.45, 2.75) is 37.6 Å². The van der Waals surface area contributed by atoms with Crippen LogP contribution < -0.4 is 5.32 Å². The number of hydrogen-bond donors (Lipinski definition) is 1. The molecule has 16 heavy (non-hydrogen) atoms. The Hall–Kier alpha value is -0.940. The molecule has 0 amide bonds. The molecule has 2 aliphatic rings. The van der Waals surface area contributed by atoms with Crippen molar-refractivity contribution < 1.29 is 9.26 Å². The Morgan fingerprint density at radius 2 is 2.44 bits per heavy atom. The molecule has 1 aromatic rings. The van der Waals surface area contributed by atoms with Crippen molar-refractivity contribution in [2.24, 2.45) is 0 Å². The van der Waals surface area contributed by atoms with Crippen molar-refractivity contribution in [3.05, 3.63) is 11.7 Å². The summed E-state index contributed by atoms with van der Waals surface area (Å²) in [5, 5.41) is 7.46. The number of nitrogens with one attached hydrogen (secondary N) is 1. The van der Waals surface area contributed by atoms with E-state index in [1.807, 2.05) is 0 Å². The minimum absolute atomic E-state index is 0.0795. The molecule has 0 aromatic carbocycles. The summed E-state index contributed by atoms with van der Waals surface area (Å²) >= 11 is 0. The summed E-state index contributed by atoms with van der Waals surface area (Å²) in [6.45, 7) is 4.65. The Morgan fingerprint density at radius 3 is 3.12 bits per heavy atom. The Labute approximate surface area is 94.6 Å². The van der Waals surface area contributed by atoms with Crippen molar-refractivity contribution >= 4 is 0 Å². The fraction of sp³-hybridized carbons (Fsp3) is 0.818. The van der Waals surface area contributed by atoms with Crippen LogP contribution in [0.5, 0.6) is 0 Å². The van der Waals surface area contributed by atoms with Crippen molar-refractivity contribution in [2.75, 3.05) is 19.8 Å². The molecule has 0 spiro atoms. The number of rotatable bonds is 2. The monoisotopic (exact) mass is 223 g/mol. The van der Waals surface area contributed by atoms with Crippen LogP contribution in [-0.4, -0.2) is 29.9 Å². The smallest absolute Gasteiger partial charge is 0.235 e. The molecule has 88 valence electrons. The zero-order valence-corrected chi connectivity index (χ0v) is 9.53. The van der Waals surface area contributed by atoms with Crippen molar-refractivity contribution in [3.63, 3.8) is 0 Å². The van der Waals surface area contributed by atoms with E-state index in [1.165, 1.54) is 6.42 Å². The maximum absolute atomic E-state index is 5.41. The highest BCUT2D eigenvalue weighted by atomic mass is 16.5. The van der Waals surface area contributed by atoms with Gasteiger partial charge in [-0.3, -0.25) is 0 Å². The van der Waals surface area contributed by atoms with Crippen LogP contribution in [0.1, 0.15) is 43.9 Å². The molecule has 1 aromatic heterocycles. The second-order valence-electron chi connectivity index (χ2n) is 4.97. The number of hydrogen-bond acceptors (Lipinski definition) is 5. The van der Waals surface area contributed by atoms with E-state index < -0.39 is 0 Å². The zero-order valence-electron chi connectivity index (χ0n) is 9.53. The second kappa shape index (κ2) is 3.82. The highest BCUT2D eigenvalue weighted by Crippen LogP contribution is 2.32. The first-order chi connectivity index (χ1) is 7.78. The lowest BCUT2D eigenvalue weighted by molar-refractivity contribution is 0.169. The molecule has 0 saturated carbocycles. The van der Waals surface area contributed by atoms with Gasteiger partial charge in [-0.25, -0.2) is 0 Å². The highest BCUT2D eigenvalue weighted by molar-refractivity contribution is 5.07. The lowest BCUT2D eigenvalue weighted by atomic mass is 9.90. The third-order valence-corrected chi connectivity index (χ3v) is 3.55. The van der Waals surface area contributed by atoms with Gasteiger partial charge < -0.3 is 14.6 Å². The third-order valence-electron chi connectivity index (χ3n) is 3.55. The molecule has 5 heteroatoms. The van der Waals surface area contributed by atoms with Crippen LogP contribution in [0, 0.1) is 0 Å². The summed E-state index contributed by atoms with van der Waals surface area (Å²) in [6.07, 6.45) is 3.26. The van der Waals surface area contributed by atoms with Gasteiger partial charge in [0.2, 0.25) is 5.89 Å². The van der Waals surface area contributed by atoms with Crippen molar-refractivity contribution in [3.8, 4) is 0 Å². The van der Waals surface area contributed by atoms with Gasteiger partial charge in [0.15, 0.2) is 5.82 Å². The zero-order chi connectivity index (χ0) is 11.0. The normalized spacial score (nSPS) is 34.7. The number of nitrogens with zero attached hydrogens (tertiary/aromatic N) is 2. The van der Waals surface area contributed by atoms with Crippen molar-refractivity contribution in [1.82, 2.24) is 15.5 Å². The Balaban J connectivity index is 1.81. The van der Waals surface area contributed by atoms with E-state index in [-0.39, 0.29) is 11.5 Å². The van der Waals surface area contributed by atoms with E-state index in [2.05, 4.69) is 22.4 Å². The van der Waals surface area contributed by atoms with Crippen LogP contribution in [0.2, 0.25) is 0 Å². The van der Waals surface area contributed by atoms with Gasteiger partial charge in [0, 0.05) is 6.61 Å². The fourth-order valence-electron chi connectivity index (χ4n) is 2.36. The fourth-order valence-corrected chi connectivity index (χ4v) is 2.36. The lowest BCUT2D eigenvalue weighted by Gasteiger charge is -2.14. The minimum Gasteiger partial charge on any atom is -0.380 e. The largest absolute Gasteiger partial charge is 0.380 e. The van der Waals surface area contributed by atoms with Gasteiger partial charge in [-0.05, 0) is 32.7 Å². The quantitative estimate of drug-likeness (QED) is 0.815. The first-order valence-corrected chi connectivity index (χ1v) is 5.93. The maximum atomic E-state index is 5.41. The molecular weight excluding hydrogens is 206 g/mol. The van der Waals surface area contributed by atoms with Gasteiger partial charge in [0.05, 0.1) is 18.1 Å². The predicted molar refractivity (Wildman–Crippen MR) is 57.1 cm³/mol. The van der Waals surface area contributed by atoms with Crippen LogP contribution in [-0.2, 0) is 10.2 Å². The van der Waals surface area contributed by atoms with Gasteiger partial charge in [0.1, 0.15) is 0 Å². The standard InChI is InChI=1S/C11H17N3O2/c1-11(4-6-15-7-11)10-13-9(14-16-10)8-3-2-5-12-8/h8,12H,2-7H2,1H3. The minimum atomic E-state index is -0.0795. The summed E-state index contributed by atoms with van der Waals surface area (Å²) in [5.41, 5.74) is -0.0795. The number of ether oxygens (including phenoxy) is 1. The second-order valence-corrected chi connectivity index (χ2v) is 4.97. The molecule has 3 heterocycles. The first-order valence-electron chi connectivity index (χ1n) is 5.93. The molecule has 3 rings (SSSR count). The van der Waals surface area contributed by atoms with Crippen LogP contribution in [0.15, 0.2) is 4.52 Å². The van der Waals surface area contributed by atoms with E-state index in [0.717, 1.165) is 37.7 Å². The van der Waals surface area contributed by atoms with Gasteiger partial charge in [-0.1, -0.05) is 5.16 Å². The summed E-state index contributed by atoms with van der Waals surface area (Å²) in [5.74, 6) is 1.54. The van der Waals surface area contributed by atoms with Crippen LogP contribution in [0.3, 0.4) is 0 Å². The molecule has 2 aliphatic heterocycles. The van der Waals surface area contributed by atoms with E-state index in [1.54, 1.807) is 0 Å². The number of aromatic nitrogens is 2. The van der Waals surface area contributed by atoms with Crippen LogP contribution >= 0.6 is 0 Å². The molecule has 0 bridgehead atoms. The van der Waals surface area contributed by atoms with Gasteiger partial charge >= 0.3 is 0 Å². The molecule has 1 N–H and O–H groups in total. The molecule has 2 fully saturated rings. The van der Waals surface area contributed by atoms with Crippen molar-refractivity contribution in [1.29, 1.82) is 0 Å². The van der Waals surface area contributed by atoms with Gasteiger partial charge in [0.25, 0.3) is 0 Å². The van der Waals surface area contributed by atoms with Gasteiger partial charge in [-0.15, -0.1) is 0 Å². The Kier molecular flexibility index (Phi) is 2.44. The van der Waals surface area contributed by atoms with Crippen LogP contribution in [0.25, 0.3) is 0 Å². The Morgan fingerprint density at radius 1 is 1.50 bits per heavy atom. The topological polar surface area (TPSA) is 60.2 Å². The van der Waals surface area contributed by atoms with E-state index in [4.69, 9.17) is 9.26 Å². The lowest BCUT2D eigenvalue weighted by Crippen LogP contribution is -2.22. The van der Waals surface area contributed by atoms with E-state index >= 15 is 0 Å². The van der Waals surface area contributed by atoms with Gasteiger partial charge in [-0.2, -0.15) is 4.98 Å². The molecule has 0 radical (unpaired) electrons.